The number of halogens is 1. The predicted molar refractivity (Wildman–Crippen MR) is 153 cm³/mol. The molecule has 4 saturated carbocycles. The molecule has 14 heteroatoms. The first kappa shape index (κ1) is 29.1. The largest absolute Gasteiger partial charge is 0.353 e. The SMILES string of the molecule is CNC(=O)C(=O)CC[C@H](NC(=O)c1csc(Br)n1)C(=O)Nc1cccn(CC(=O)NC2C3CC4CC(C3)C2C4)c1=O. The van der Waals surface area contributed by atoms with Crippen LogP contribution in [-0.4, -0.2) is 58.1 Å². The van der Waals surface area contributed by atoms with Gasteiger partial charge >= 0.3 is 0 Å². The summed E-state index contributed by atoms with van der Waals surface area (Å²) in [5.41, 5.74) is -0.606. The summed E-state index contributed by atoms with van der Waals surface area (Å²) in [6.07, 6.45) is 5.72. The maximum Gasteiger partial charge on any atom is 0.287 e. The molecule has 12 nitrogen and oxygen atoms in total. The molecule has 218 valence electrons. The highest BCUT2D eigenvalue weighted by atomic mass is 79.9. The molecule has 2 aromatic heterocycles. The quantitative estimate of drug-likeness (QED) is 0.268. The molecule has 4 aliphatic rings. The van der Waals surface area contributed by atoms with E-state index in [4.69, 9.17) is 0 Å². The summed E-state index contributed by atoms with van der Waals surface area (Å²) in [5.74, 6) is -0.710. The van der Waals surface area contributed by atoms with Crippen molar-refractivity contribution >= 4 is 62.4 Å². The van der Waals surface area contributed by atoms with Crippen LogP contribution >= 0.6 is 27.3 Å². The number of amides is 4. The molecule has 0 spiro atoms. The van der Waals surface area contributed by atoms with Crippen LogP contribution in [0, 0.1) is 23.7 Å². The third-order valence-electron chi connectivity index (χ3n) is 8.45. The normalized spacial score (nSPS) is 24.5. The Morgan fingerprint density at radius 3 is 2.63 bits per heavy atom. The number of hydrogen-bond acceptors (Lipinski definition) is 8. The van der Waals surface area contributed by atoms with Gasteiger partial charge in [-0.05, 0) is 83.8 Å². The summed E-state index contributed by atoms with van der Waals surface area (Å²) in [6, 6.07) is 1.85. The fourth-order valence-electron chi connectivity index (χ4n) is 6.71. The molecule has 0 saturated heterocycles. The Morgan fingerprint density at radius 1 is 1.15 bits per heavy atom. The molecule has 4 amide bonds. The zero-order chi connectivity index (χ0) is 29.3. The summed E-state index contributed by atoms with van der Waals surface area (Å²) in [4.78, 5) is 79.7. The predicted octanol–water partition coefficient (Wildman–Crippen LogP) is 1.45. The van der Waals surface area contributed by atoms with Crippen LogP contribution in [0.1, 0.15) is 49.0 Å². The van der Waals surface area contributed by atoms with E-state index in [1.807, 2.05) is 0 Å². The standard InChI is InChI=1S/C27H31BrN6O6S/c1-29-25(39)20(35)5-4-17(30-24(38)19-12-41-27(28)32-19)23(37)31-18-3-2-6-34(26(18)40)11-21(36)33-22-15-8-13-7-14(10-15)16(22)9-13/h2-3,6,12-17,22H,4-5,7-11H2,1H3,(H,29,39)(H,30,38)(H,31,37)(H,33,36)/t13?,14?,15?,16?,17-,22?/m0/s1. The summed E-state index contributed by atoms with van der Waals surface area (Å²) < 4.78 is 1.70. The monoisotopic (exact) mass is 646 g/mol. The Kier molecular flexibility index (Phi) is 8.68. The van der Waals surface area contributed by atoms with Gasteiger partial charge in [-0.1, -0.05) is 0 Å². The first-order valence-electron chi connectivity index (χ1n) is 13.6. The summed E-state index contributed by atoms with van der Waals surface area (Å²) >= 11 is 4.36. The summed E-state index contributed by atoms with van der Waals surface area (Å²) in [5, 5.41) is 11.9. The zero-order valence-corrected chi connectivity index (χ0v) is 24.8. The number of nitrogens with one attached hydrogen (secondary N) is 4. The van der Waals surface area contributed by atoms with Gasteiger partial charge in [0, 0.05) is 31.1 Å². The van der Waals surface area contributed by atoms with Crippen LogP contribution in [0.2, 0.25) is 0 Å². The minimum Gasteiger partial charge on any atom is -0.353 e. The van der Waals surface area contributed by atoms with E-state index in [0.717, 1.165) is 12.3 Å². The minimum atomic E-state index is -1.25. The number of carbonyl (C=O) groups excluding carboxylic acids is 5. The van der Waals surface area contributed by atoms with Crippen molar-refractivity contribution in [2.75, 3.05) is 12.4 Å². The molecule has 5 unspecified atom stereocenters. The molecule has 0 aromatic carbocycles. The van der Waals surface area contributed by atoms with Crippen molar-refractivity contribution < 1.29 is 24.0 Å². The van der Waals surface area contributed by atoms with Crippen molar-refractivity contribution in [3.8, 4) is 0 Å². The van der Waals surface area contributed by atoms with Gasteiger partial charge in [-0.3, -0.25) is 28.8 Å². The van der Waals surface area contributed by atoms with Crippen molar-refractivity contribution in [3.05, 3.63) is 43.7 Å². The second-order valence-electron chi connectivity index (χ2n) is 11.0. The maximum atomic E-state index is 13.2. The third-order valence-corrected chi connectivity index (χ3v) is 9.81. The Labute approximate surface area is 248 Å². The van der Waals surface area contributed by atoms with Gasteiger partial charge in [-0.2, -0.15) is 0 Å². The maximum absolute atomic E-state index is 13.2. The molecule has 2 heterocycles. The average Bonchev–Trinajstić information content (AvgIpc) is 3.58. The topological polar surface area (TPSA) is 168 Å². The fraction of sp³-hybridized carbons (Fsp3) is 0.519. The molecular formula is C27H31BrN6O6S. The lowest BCUT2D eigenvalue weighted by atomic mass is 9.79. The molecule has 6 rings (SSSR count). The molecule has 6 atom stereocenters. The second-order valence-corrected chi connectivity index (χ2v) is 13.1. The molecule has 0 radical (unpaired) electrons. The lowest BCUT2D eigenvalue weighted by Gasteiger charge is -2.32. The average molecular weight is 648 g/mol. The van der Waals surface area contributed by atoms with E-state index >= 15 is 0 Å². The molecule has 0 aliphatic heterocycles. The van der Waals surface area contributed by atoms with Crippen molar-refractivity contribution in [2.45, 2.75) is 57.2 Å². The van der Waals surface area contributed by atoms with Crippen molar-refractivity contribution in [1.82, 2.24) is 25.5 Å². The van der Waals surface area contributed by atoms with Crippen LogP contribution in [0.5, 0.6) is 0 Å². The number of ketones is 1. The van der Waals surface area contributed by atoms with Crippen LogP contribution < -0.4 is 26.8 Å². The van der Waals surface area contributed by atoms with E-state index in [0.29, 0.717) is 21.7 Å². The van der Waals surface area contributed by atoms with Gasteiger partial charge in [0.2, 0.25) is 17.6 Å². The van der Waals surface area contributed by atoms with Gasteiger partial charge in [-0.15, -0.1) is 11.3 Å². The van der Waals surface area contributed by atoms with Crippen LogP contribution in [0.15, 0.2) is 32.4 Å². The van der Waals surface area contributed by atoms with Crippen LogP contribution in [0.4, 0.5) is 5.69 Å². The van der Waals surface area contributed by atoms with Crippen LogP contribution in [0.3, 0.4) is 0 Å². The number of thiazole rings is 1. The van der Waals surface area contributed by atoms with Gasteiger partial charge < -0.3 is 25.8 Å². The van der Waals surface area contributed by atoms with E-state index in [-0.39, 0.29) is 42.7 Å². The number of likely N-dealkylation sites (N-methyl/N-ethyl adjacent to an activating group) is 1. The van der Waals surface area contributed by atoms with Gasteiger partial charge in [0.25, 0.3) is 17.4 Å². The molecule has 2 aromatic rings. The number of hydrogen-bond donors (Lipinski definition) is 4. The van der Waals surface area contributed by atoms with Crippen LogP contribution in [0.25, 0.3) is 0 Å². The number of aromatic nitrogens is 2. The Morgan fingerprint density at radius 2 is 1.93 bits per heavy atom. The lowest BCUT2D eigenvalue weighted by Crippen LogP contribution is -2.46. The lowest BCUT2D eigenvalue weighted by molar-refractivity contribution is -0.137. The zero-order valence-electron chi connectivity index (χ0n) is 22.4. The van der Waals surface area contributed by atoms with Gasteiger partial charge in [0.1, 0.15) is 24.0 Å². The Hall–Kier alpha value is -3.39. The van der Waals surface area contributed by atoms with E-state index in [2.05, 4.69) is 42.2 Å². The van der Waals surface area contributed by atoms with E-state index in [1.54, 1.807) is 6.07 Å². The minimum absolute atomic E-state index is 0.0639. The highest BCUT2D eigenvalue weighted by molar-refractivity contribution is 9.11. The highest BCUT2D eigenvalue weighted by Gasteiger charge is 2.54. The van der Waals surface area contributed by atoms with Crippen molar-refractivity contribution in [2.24, 2.45) is 23.7 Å². The highest BCUT2D eigenvalue weighted by Crippen LogP contribution is 2.58. The van der Waals surface area contributed by atoms with E-state index in [1.165, 1.54) is 59.9 Å². The van der Waals surface area contributed by atoms with Gasteiger partial charge in [0.05, 0.1) is 0 Å². The molecule has 4 aliphatic carbocycles. The third kappa shape index (κ3) is 6.43. The van der Waals surface area contributed by atoms with Crippen molar-refractivity contribution in [1.29, 1.82) is 0 Å². The van der Waals surface area contributed by atoms with E-state index in [9.17, 15) is 28.8 Å². The van der Waals surface area contributed by atoms with Gasteiger partial charge in [0.15, 0.2) is 3.92 Å². The smallest absolute Gasteiger partial charge is 0.287 e. The molecule has 4 bridgehead atoms. The molecular weight excluding hydrogens is 616 g/mol. The molecule has 41 heavy (non-hydrogen) atoms. The fourth-order valence-corrected chi connectivity index (χ4v) is 7.70. The molecule has 4 fully saturated rings. The number of nitrogens with zero attached hydrogens (tertiary/aromatic N) is 2. The number of pyridine rings is 1. The van der Waals surface area contributed by atoms with Crippen molar-refractivity contribution in [3.63, 3.8) is 0 Å². The second kappa shape index (κ2) is 12.2. The first-order chi connectivity index (χ1) is 19.6. The van der Waals surface area contributed by atoms with E-state index < -0.39 is 35.1 Å². The first-order valence-corrected chi connectivity index (χ1v) is 15.3. The molecule has 4 N–H and O–H groups in total. The Balaban J connectivity index is 1.24. The summed E-state index contributed by atoms with van der Waals surface area (Å²) in [6.45, 7) is -0.188. The van der Waals surface area contributed by atoms with Gasteiger partial charge in [-0.25, -0.2) is 4.98 Å². The number of anilines is 1. The number of carbonyl (C=O) groups is 5. The number of Topliss-reactive ketones (excluding diaryl/α,β-unsaturated/α-hetero) is 1. The van der Waals surface area contributed by atoms with Crippen LogP contribution in [-0.2, 0) is 25.7 Å². The Bertz CT molecular complexity index is 1440. The summed E-state index contributed by atoms with van der Waals surface area (Å²) in [7, 11) is 1.31. The number of rotatable bonds is 11.